The highest BCUT2D eigenvalue weighted by molar-refractivity contribution is 5.46. The monoisotopic (exact) mass is 249 g/mol. The van der Waals surface area contributed by atoms with Crippen LogP contribution in [0.3, 0.4) is 0 Å². The molecule has 0 heterocycles. The lowest BCUT2D eigenvalue weighted by molar-refractivity contribution is 0.413. The molecule has 0 saturated carbocycles. The molecule has 5 heteroatoms. The highest BCUT2D eigenvalue weighted by Crippen LogP contribution is 2.29. The van der Waals surface area contributed by atoms with Crippen molar-refractivity contribution in [1.82, 2.24) is 0 Å². The summed E-state index contributed by atoms with van der Waals surface area (Å²) in [6.07, 6.45) is 0. The van der Waals surface area contributed by atoms with Gasteiger partial charge in [-0.15, -0.1) is 0 Å². The molecule has 0 bridgehead atoms. The smallest absolute Gasteiger partial charge is 0.201 e. The molecule has 0 amide bonds. The number of hydrogen-bond donors (Lipinski definition) is 0. The third kappa shape index (κ3) is 2.13. The fraction of sp³-hybridized carbons (Fsp3) is 0. The summed E-state index contributed by atoms with van der Waals surface area (Å²) in [5.74, 6) is -3.63. The number of rotatable bonds is 2. The maximum Gasteiger partial charge on any atom is 0.201 e. The molecule has 2 nitrogen and oxygen atoms in total. The molecule has 90 valence electrons. The first-order valence-electron chi connectivity index (χ1n) is 4.94. The summed E-state index contributed by atoms with van der Waals surface area (Å²) in [6.45, 7) is 0. The van der Waals surface area contributed by atoms with Gasteiger partial charge in [-0.3, -0.25) is 0 Å². The Bertz CT molecular complexity index is 635. The average molecular weight is 249 g/mol. The largest absolute Gasteiger partial charge is 0.453 e. The zero-order valence-corrected chi connectivity index (χ0v) is 8.95. The summed E-state index contributed by atoms with van der Waals surface area (Å²) in [7, 11) is 0. The molecule has 0 aliphatic heterocycles. The van der Waals surface area contributed by atoms with E-state index in [0.29, 0.717) is 0 Å². The van der Waals surface area contributed by atoms with Crippen molar-refractivity contribution in [3.05, 3.63) is 59.4 Å². The Kier molecular flexibility index (Phi) is 3.20. The van der Waals surface area contributed by atoms with Gasteiger partial charge in [0, 0.05) is 0 Å². The Balaban J connectivity index is 2.44. The molecule has 0 spiro atoms. The van der Waals surface area contributed by atoms with Crippen LogP contribution in [0, 0.1) is 28.8 Å². The lowest BCUT2D eigenvalue weighted by Crippen LogP contribution is -1.95. The SMILES string of the molecule is N#Cc1c(F)cccc1Oc1cccc(F)c1F. The summed E-state index contributed by atoms with van der Waals surface area (Å²) in [5, 5.41) is 8.76. The van der Waals surface area contributed by atoms with Gasteiger partial charge in [0.05, 0.1) is 0 Å². The fourth-order valence-corrected chi connectivity index (χ4v) is 1.38. The maximum absolute atomic E-state index is 13.3. The normalized spacial score (nSPS) is 9.89. The van der Waals surface area contributed by atoms with Crippen LogP contribution in [0.25, 0.3) is 0 Å². The van der Waals surface area contributed by atoms with E-state index in [-0.39, 0.29) is 11.3 Å². The van der Waals surface area contributed by atoms with Crippen LogP contribution in [0.5, 0.6) is 11.5 Å². The van der Waals surface area contributed by atoms with Crippen molar-refractivity contribution in [2.24, 2.45) is 0 Å². The molecule has 2 aromatic rings. The summed E-state index contributed by atoms with van der Waals surface area (Å²) in [6, 6.07) is 8.65. The quantitative estimate of drug-likeness (QED) is 0.811. The predicted molar refractivity (Wildman–Crippen MR) is 57.5 cm³/mol. The van der Waals surface area contributed by atoms with E-state index in [9.17, 15) is 13.2 Å². The van der Waals surface area contributed by atoms with Crippen molar-refractivity contribution >= 4 is 0 Å². The number of benzene rings is 2. The molecule has 2 rings (SSSR count). The van der Waals surface area contributed by atoms with Crippen LogP contribution in [0.4, 0.5) is 13.2 Å². The van der Waals surface area contributed by atoms with Gasteiger partial charge < -0.3 is 4.74 Å². The van der Waals surface area contributed by atoms with Gasteiger partial charge in [0.25, 0.3) is 0 Å². The second kappa shape index (κ2) is 4.80. The lowest BCUT2D eigenvalue weighted by atomic mass is 10.2. The molecule has 0 unspecified atom stereocenters. The van der Waals surface area contributed by atoms with Gasteiger partial charge in [0.1, 0.15) is 23.2 Å². The van der Waals surface area contributed by atoms with Crippen molar-refractivity contribution in [3.63, 3.8) is 0 Å². The zero-order valence-electron chi connectivity index (χ0n) is 8.95. The molecule has 0 radical (unpaired) electrons. The molecule has 0 N–H and O–H groups in total. The highest BCUT2D eigenvalue weighted by atomic mass is 19.2. The van der Waals surface area contributed by atoms with E-state index in [4.69, 9.17) is 10.00 Å². The van der Waals surface area contributed by atoms with Crippen LogP contribution in [0.1, 0.15) is 5.56 Å². The van der Waals surface area contributed by atoms with Crippen molar-refractivity contribution in [1.29, 1.82) is 5.26 Å². The van der Waals surface area contributed by atoms with Crippen LogP contribution in [0.2, 0.25) is 0 Å². The minimum atomic E-state index is -1.19. The Morgan fingerprint density at radius 3 is 2.17 bits per heavy atom. The van der Waals surface area contributed by atoms with Gasteiger partial charge in [-0.1, -0.05) is 12.1 Å². The molecule has 18 heavy (non-hydrogen) atoms. The van der Waals surface area contributed by atoms with E-state index in [0.717, 1.165) is 12.1 Å². The number of hydrogen-bond acceptors (Lipinski definition) is 2. The van der Waals surface area contributed by atoms with Gasteiger partial charge in [-0.25, -0.2) is 8.78 Å². The first-order chi connectivity index (χ1) is 8.63. The third-order valence-corrected chi connectivity index (χ3v) is 2.22. The third-order valence-electron chi connectivity index (χ3n) is 2.22. The number of nitriles is 1. The molecular formula is C13H6F3NO. The van der Waals surface area contributed by atoms with Gasteiger partial charge >= 0.3 is 0 Å². The molecule has 0 fully saturated rings. The topological polar surface area (TPSA) is 33.0 Å². The Hall–Kier alpha value is -2.48. The number of halogens is 3. The maximum atomic E-state index is 13.3. The number of nitrogens with zero attached hydrogens (tertiary/aromatic N) is 1. The molecule has 2 aromatic carbocycles. The molecular weight excluding hydrogens is 243 g/mol. The molecule has 0 atom stereocenters. The van der Waals surface area contributed by atoms with Crippen molar-refractivity contribution in [3.8, 4) is 17.6 Å². The second-order valence-electron chi connectivity index (χ2n) is 3.38. The first-order valence-corrected chi connectivity index (χ1v) is 4.94. The summed E-state index contributed by atoms with van der Waals surface area (Å²) >= 11 is 0. The second-order valence-corrected chi connectivity index (χ2v) is 3.38. The summed E-state index contributed by atoms with van der Waals surface area (Å²) < 4.78 is 44.6. The van der Waals surface area contributed by atoms with Crippen LogP contribution < -0.4 is 4.74 Å². The van der Waals surface area contributed by atoms with Gasteiger partial charge in [0.15, 0.2) is 11.6 Å². The molecule has 0 aromatic heterocycles. The first kappa shape index (κ1) is 12.0. The Morgan fingerprint density at radius 2 is 1.50 bits per heavy atom. The van der Waals surface area contributed by atoms with E-state index in [1.807, 2.05) is 0 Å². The van der Waals surface area contributed by atoms with E-state index in [1.165, 1.54) is 24.3 Å². The van der Waals surface area contributed by atoms with Crippen LogP contribution in [-0.2, 0) is 0 Å². The standard InChI is InChI=1S/C13H6F3NO/c14-9-3-1-5-11(8(9)7-17)18-12-6-2-4-10(15)13(12)16/h1-6H. The van der Waals surface area contributed by atoms with Crippen molar-refractivity contribution in [2.45, 2.75) is 0 Å². The number of ether oxygens (including phenoxy) is 1. The average Bonchev–Trinajstić information content (AvgIpc) is 2.35. The van der Waals surface area contributed by atoms with Gasteiger partial charge in [-0.2, -0.15) is 9.65 Å². The van der Waals surface area contributed by atoms with Crippen LogP contribution in [-0.4, -0.2) is 0 Å². The highest BCUT2D eigenvalue weighted by Gasteiger charge is 2.14. The zero-order chi connectivity index (χ0) is 13.1. The minimum Gasteiger partial charge on any atom is -0.453 e. The van der Waals surface area contributed by atoms with Crippen molar-refractivity contribution < 1.29 is 17.9 Å². The van der Waals surface area contributed by atoms with E-state index < -0.39 is 23.2 Å². The van der Waals surface area contributed by atoms with Crippen LogP contribution >= 0.6 is 0 Å². The van der Waals surface area contributed by atoms with Crippen molar-refractivity contribution in [2.75, 3.05) is 0 Å². The predicted octanol–water partition coefficient (Wildman–Crippen LogP) is 3.77. The van der Waals surface area contributed by atoms with Gasteiger partial charge in [0.2, 0.25) is 5.82 Å². The Morgan fingerprint density at radius 1 is 0.889 bits per heavy atom. The Labute approximate surface area is 101 Å². The molecule has 0 saturated heterocycles. The van der Waals surface area contributed by atoms with E-state index >= 15 is 0 Å². The molecule has 0 aliphatic rings. The summed E-state index contributed by atoms with van der Waals surface area (Å²) in [4.78, 5) is 0. The fourth-order valence-electron chi connectivity index (χ4n) is 1.38. The summed E-state index contributed by atoms with van der Waals surface area (Å²) in [5.41, 5.74) is -0.360. The molecule has 0 aliphatic carbocycles. The lowest BCUT2D eigenvalue weighted by Gasteiger charge is -2.08. The van der Waals surface area contributed by atoms with Gasteiger partial charge in [-0.05, 0) is 24.3 Å². The van der Waals surface area contributed by atoms with Crippen LogP contribution in [0.15, 0.2) is 36.4 Å². The van der Waals surface area contributed by atoms with E-state index in [2.05, 4.69) is 0 Å². The minimum absolute atomic E-state index is 0.165. The van der Waals surface area contributed by atoms with E-state index in [1.54, 1.807) is 6.07 Å².